The maximum absolute atomic E-state index is 14.1. The van der Waals surface area contributed by atoms with E-state index in [1.54, 1.807) is 12.3 Å². The van der Waals surface area contributed by atoms with Crippen molar-refractivity contribution in [2.24, 2.45) is 4.99 Å². The van der Waals surface area contributed by atoms with E-state index in [0.717, 1.165) is 4.90 Å². The molecule has 1 saturated heterocycles. The summed E-state index contributed by atoms with van der Waals surface area (Å²) in [4.78, 5) is 34.1. The summed E-state index contributed by atoms with van der Waals surface area (Å²) in [5.41, 5.74) is -0.711. The topological polar surface area (TPSA) is 115 Å². The third-order valence-corrected chi connectivity index (χ3v) is 6.82. The summed E-state index contributed by atoms with van der Waals surface area (Å²) in [6.45, 7) is 2.07. The van der Waals surface area contributed by atoms with Crippen LogP contribution < -0.4 is 5.32 Å². The molecule has 34 heavy (non-hydrogen) atoms. The van der Waals surface area contributed by atoms with E-state index < -0.39 is 54.8 Å². The zero-order valence-electron chi connectivity index (χ0n) is 18.2. The molecule has 2 unspecified atom stereocenters. The third-order valence-electron chi connectivity index (χ3n) is 5.85. The summed E-state index contributed by atoms with van der Waals surface area (Å²) in [7, 11) is 0. The molecule has 0 aliphatic carbocycles. The van der Waals surface area contributed by atoms with Crippen LogP contribution in [0.5, 0.6) is 0 Å². The van der Waals surface area contributed by atoms with Gasteiger partial charge in [-0.05, 0) is 31.5 Å². The molecule has 2 aromatic rings. The Morgan fingerprint density at radius 2 is 1.94 bits per heavy atom. The molecule has 1 fully saturated rings. The number of halogens is 3. The minimum Gasteiger partial charge on any atom is -0.480 e. The van der Waals surface area contributed by atoms with Gasteiger partial charge in [0.15, 0.2) is 10.8 Å². The molecule has 0 radical (unpaired) electrons. The molecule has 2 aliphatic rings. The molecule has 2 atom stereocenters. The Morgan fingerprint density at radius 3 is 2.50 bits per heavy atom. The van der Waals surface area contributed by atoms with Gasteiger partial charge in [-0.1, -0.05) is 12.1 Å². The Balaban J connectivity index is 1.85. The number of hydrogen-bond acceptors (Lipinski definition) is 7. The number of thiazole rings is 1. The summed E-state index contributed by atoms with van der Waals surface area (Å²) in [6.07, 6.45) is -0.875. The lowest BCUT2D eigenvalue weighted by Gasteiger charge is -2.35. The first-order valence-electron chi connectivity index (χ1n) is 10.3. The maximum Gasteiger partial charge on any atom is 0.336 e. The van der Waals surface area contributed by atoms with Crippen LogP contribution in [-0.4, -0.2) is 62.9 Å². The van der Waals surface area contributed by atoms with E-state index in [-0.39, 0.29) is 17.1 Å². The van der Waals surface area contributed by atoms with Gasteiger partial charge in [0.2, 0.25) is 0 Å². The second-order valence-corrected chi connectivity index (χ2v) is 9.29. The van der Waals surface area contributed by atoms with Crippen molar-refractivity contribution >= 4 is 29.1 Å². The number of rotatable bonds is 6. The number of alkyl halides is 2. The van der Waals surface area contributed by atoms with Crippen molar-refractivity contribution < 1.29 is 33.0 Å². The molecular formula is C22H21F3N4O4S. The normalized spacial score (nSPS) is 24.6. The van der Waals surface area contributed by atoms with Gasteiger partial charge in [-0.15, -0.1) is 11.3 Å². The fourth-order valence-electron chi connectivity index (χ4n) is 4.31. The molecule has 3 N–H and O–H groups in total. The lowest BCUT2D eigenvalue weighted by molar-refractivity contribution is -0.142. The highest BCUT2D eigenvalue weighted by atomic mass is 32.1. The summed E-state index contributed by atoms with van der Waals surface area (Å²) in [5, 5.41) is 24.7. The van der Waals surface area contributed by atoms with Crippen LogP contribution in [0.1, 0.15) is 29.6 Å². The number of carbonyl (C=O) groups is 2. The number of likely N-dealkylation sites (tertiary alicyclic amines) is 1. The van der Waals surface area contributed by atoms with Crippen molar-refractivity contribution in [1.29, 1.82) is 0 Å². The van der Waals surface area contributed by atoms with Crippen LogP contribution in [0.15, 0.2) is 45.9 Å². The number of nitrogens with zero attached hydrogens (tertiary/aromatic N) is 3. The summed E-state index contributed by atoms with van der Waals surface area (Å²) < 4.78 is 41.8. The van der Waals surface area contributed by atoms with Crippen molar-refractivity contribution in [2.45, 2.75) is 37.8 Å². The van der Waals surface area contributed by atoms with Crippen molar-refractivity contribution in [2.75, 3.05) is 13.1 Å². The molecule has 180 valence electrons. The summed E-state index contributed by atoms with van der Waals surface area (Å²) in [5.74, 6) is -6.33. The Morgan fingerprint density at radius 1 is 1.26 bits per heavy atom. The number of aryl methyl sites for hydroxylation is 1. The van der Waals surface area contributed by atoms with E-state index >= 15 is 0 Å². The number of carboxylic acid groups (broad SMARTS) is 2. The molecular weight excluding hydrogens is 473 g/mol. The number of aliphatic carboxylic acids is 2. The number of hydrogen-bond donors (Lipinski definition) is 3. The molecule has 2 aliphatic heterocycles. The second-order valence-electron chi connectivity index (χ2n) is 8.44. The number of benzene rings is 1. The van der Waals surface area contributed by atoms with Crippen molar-refractivity contribution in [3.05, 3.63) is 63.0 Å². The van der Waals surface area contributed by atoms with Gasteiger partial charge in [0, 0.05) is 29.7 Å². The standard InChI is InChI=1S/C22H21F3N4O4S/c1-11-9-34-18(26-11)17-27-14(8-29-10-22(24,25)7-15(29)19(30)31)16(20(32)33)21(2,28-17)12-3-5-13(23)6-4-12/h3-6,9,15H,7-8,10H2,1-2H3,(H,27,28)(H,30,31)(H,32,33). The lowest BCUT2D eigenvalue weighted by Crippen LogP contribution is -2.46. The SMILES string of the molecule is Cc1csc(C2=NC(C)(c3ccc(F)cc3)C(C(=O)O)=C(CN3CC(F)(F)CC3C(=O)O)N2)n1. The van der Waals surface area contributed by atoms with E-state index in [9.17, 15) is 33.0 Å². The third kappa shape index (κ3) is 4.42. The molecule has 12 heteroatoms. The highest BCUT2D eigenvalue weighted by Gasteiger charge is 2.50. The molecule has 0 spiro atoms. The summed E-state index contributed by atoms with van der Waals surface area (Å²) >= 11 is 1.25. The van der Waals surface area contributed by atoms with E-state index in [2.05, 4.69) is 15.3 Å². The number of carboxylic acids is 2. The van der Waals surface area contributed by atoms with Gasteiger partial charge in [0.1, 0.15) is 17.4 Å². The van der Waals surface area contributed by atoms with Crippen LogP contribution in [-0.2, 0) is 15.1 Å². The zero-order valence-corrected chi connectivity index (χ0v) is 19.0. The van der Waals surface area contributed by atoms with Crippen LogP contribution in [0.2, 0.25) is 0 Å². The predicted octanol–water partition coefficient (Wildman–Crippen LogP) is 2.99. The van der Waals surface area contributed by atoms with E-state index in [4.69, 9.17) is 0 Å². The van der Waals surface area contributed by atoms with Gasteiger partial charge in [0.25, 0.3) is 5.92 Å². The molecule has 4 rings (SSSR count). The Hall–Kier alpha value is -3.25. The quantitative estimate of drug-likeness (QED) is 0.566. The average Bonchev–Trinajstić information content (AvgIpc) is 3.30. The number of amidine groups is 1. The lowest BCUT2D eigenvalue weighted by atomic mass is 9.82. The molecule has 3 heterocycles. The molecule has 1 aromatic carbocycles. The van der Waals surface area contributed by atoms with E-state index in [0.29, 0.717) is 16.3 Å². The predicted molar refractivity (Wildman–Crippen MR) is 117 cm³/mol. The van der Waals surface area contributed by atoms with Crippen molar-refractivity contribution in [3.8, 4) is 0 Å². The fourth-order valence-corrected chi connectivity index (χ4v) is 5.05. The van der Waals surface area contributed by atoms with Crippen LogP contribution in [0, 0.1) is 12.7 Å². The minimum atomic E-state index is -3.23. The Kier molecular flexibility index (Phi) is 5.98. The van der Waals surface area contributed by atoms with Crippen LogP contribution in [0.4, 0.5) is 13.2 Å². The maximum atomic E-state index is 14.1. The molecule has 1 aromatic heterocycles. The first-order valence-corrected chi connectivity index (χ1v) is 11.1. The molecule has 0 bridgehead atoms. The zero-order chi connectivity index (χ0) is 24.8. The highest BCUT2D eigenvalue weighted by Crippen LogP contribution is 2.40. The first-order chi connectivity index (χ1) is 15.9. The van der Waals surface area contributed by atoms with E-state index in [1.807, 2.05) is 0 Å². The van der Waals surface area contributed by atoms with Crippen LogP contribution in [0.3, 0.4) is 0 Å². The average molecular weight is 494 g/mol. The summed E-state index contributed by atoms with van der Waals surface area (Å²) in [6, 6.07) is 3.66. The van der Waals surface area contributed by atoms with Gasteiger partial charge < -0.3 is 15.5 Å². The minimum absolute atomic E-state index is 0.0149. The first kappa shape index (κ1) is 23.9. The van der Waals surface area contributed by atoms with Crippen molar-refractivity contribution in [1.82, 2.24) is 15.2 Å². The number of aliphatic imine (C=N–C) groups is 1. The van der Waals surface area contributed by atoms with Crippen LogP contribution >= 0.6 is 11.3 Å². The number of nitrogens with one attached hydrogen (secondary N) is 1. The largest absolute Gasteiger partial charge is 0.480 e. The number of aromatic nitrogens is 1. The van der Waals surface area contributed by atoms with Gasteiger partial charge in [-0.25, -0.2) is 27.9 Å². The van der Waals surface area contributed by atoms with Crippen molar-refractivity contribution in [3.63, 3.8) is 0 Å². The highest BCUT2D eigenvalue weighted by molar-refractivity contribution is 7.11. The molecule has 8 nitrogen and oxygen atoms in total. The van der Waals surface area contributed by atoms with E-state index in [1.165, 1.54) is 42.5 Å². The van der Waals surface area contributed by atoms with Gasteiger partial charge >= 0.3 is 11.9 Å². The fraction of sp³-hybridized carbons (Fsp3) is 0.364. The van der Waals surface area contributed by atoms with Gasteiger partial charge in [-0.2, -0.15) is 0 Å². The second kappa shape index (κ2) is 8.51. The monoisotopic (exact) mass is 494 g/mol. The van der Waals surface area contributed by atoms with Gasteiger partial charge in [-0.3, -0.25) is 9.69 Å². The van der Waals surface area contributed by atoms with Gasteiger partial charge in [0.05, 0.1) is 12.1 Å². The smallest absolute Gasteiger partial charge is 0.336 e. The Labute approximate surface area is 196 Å². The molecule has 0 amide bonds. The molecule has 0 saturated carbocycles. The Bertz CT molecular complexity index is 1210. The van der Waals surface area contributed by atoms with Crippen LogP contribution in [0.25, 0.3) is 0 Å².